The summed E-state index contributed by atoms with van der Waals surface area (Å²) in [6.07, 6.45) is 8.44. The van der Waals surface area contributed by atoms with Gasteiger partial charge in [-0.25, -0.2) is 4.79 Å². The first-order chi connectivity index (χ1) is 13.1. The molecule has 1 atom stereocenters. The van der Waals surface area contributed by atoms with E-state index >= 15 is 0 Å². The predicted octanol–water partition coefficient (Wildman–Crippen LogP) is 0.0812. The van der Waals surface area contributed by atoms with Gasteiger partial charge in [-0.1, -0.05) is 19.3 Å². The highest BCUT2D eigenvalue weighted by Gasteiger charge is 2.31. The van der Waals surface area contributed by atoms with Crippen molar-refractivity contribution in [2.45, 2.75) is 51.0 Å². The number of piperazine rings is 1. The first-order valence-electron chi connectivity index (χ1n) is 10.0. The van der Waals surface area contributed by atoms with Gasteiger partial charge in [0.1, 0.15) is 0 Å². The summed E-state index contributed by atoms with van der Waals surface area (Å²) in [5.41, 5.74) is -0.826. The van der Waals surface area contributed by atoms with Crippen LogP contribution in [0.3, 0.4) is 0 Å². The van der Waals surface area contributed by atoms with Crippen LogP contribution in [0.15, 0.2) is 15.8 Å². The Morgan fingerprint density at radius 3 is 2.67 bits per heavy atom. The zero-order valence-electron chi connectivity index (χ0n) is 15.8. The van der Waals surface area contributed by atoms with E-state index in [4.69, 9.17) is 0 Å². The Labute approximate surface area is 158 Å². The first kappa shape index (κ1) is 19.8. The predicted molar refractivity (Wildman–Crippen MR) is 102 cm³/mol. The minimum absolute atomic E-state index is 0.0272. The number of nitrogens with one attached hydrogen (secondary N) is 2. The molecule has 8 nitrogen and oxygen atoms in total. The molecule has 1 aliphatic carbocycles. The van der Waals surface area contributed by atoms with Crippen LogP contribution in [0.25, 0.3) is 0 Å². The molecule has 0 radical (unpaired) electrons. The molecule has 1 aromatic heterocycles. The third kappa shape index (κ3) is 5.29. The molecule has 1 aromatic rings. The van der Waals surface area contributed by atoms with E-state index in [1.165, 1.54) is 38.3 Å². The number of hydrogen-bond donors (Lipinski definition) is 3. The summed E-state index contributed by atoms with van der Waals surface area (Å²) in [7, 11) is 0. The van der Waals surface area contributed by atoms with Gasteiger partial charge in [-0.05, 0) is 25.2 Å². The van der Waals surface area contributed by atoms with Crippen LogP contribution in [0, 0.1) is 5.92 Å². The van der Waals surface area contributed by atoms with Crippen LogP contribution < -0.4 is 11.2 Å². The van der Waals surface area contributed by atoms with Crippen molar-refractivity contribution >= 4 is 5.91 Å². The number of carbonyl (C=O) groups excluding carboxylic acids is 1. The van der Waals surface area contributed by atoms with Crippen molar-refractivity contribution in [2.75, 3.05) is 32.8 Å². The highest BCUT2D eigenvalue weighted by Crippen LogP contribution is 2.26. The van der Waals surface area contributed by atoms with Crippen LogP contribution in [-0.4, -0.2) is 69.6 Å². The Hall–Kier alpha value is -1.93. The molecule has 1 saturated carbocycles. The summed E-state index contributed by atoms with van der Waals surface area (Å²) >= 11 is 0. The molecule has 150 valence electrons. The van der Waals surface area contributed by atoms with Crippen molar-refractivity contribution < 1.29 is 9.90 Å². The summed E-state index contributed by atoms with van der Waals surface area (Å²) < 4.78 is 0. The number of aromatic amines is 2. The van der Waals surface area contributed by atoms with E-state index in [-0.39, 0.29) is 30.5 Å². The number of aromatic nitrogens is 2. The van der Waals surface area contributed by atoms with Crippen molar-refractivity contribution in [2.24, 2.45) is 5.92 Å². The zero-order chi connectivity index (χ0) is 19.2. The zero-order valence-corrected chi connectivity index (χ0v) is 15.8. The Morgan fingerprint density at radius 1 is 1.19 bits per heavy atom. The van der Waals surface area contributed by atoms with Crippen molar-refractivity contribution in [3.8, 4) is 0 Å². The fourth-order valence-corrected chi connectivity index (χ4v) is 4.33. The minimum Gasteiger partial charge on any atom is -0.396 e. The van der Waals surface area contributed by atoms with E-state index in [0.29, 0.717) is 19.5 Å². The van der Waals surface area contributed by atoms with E-state index in [0.717, 1.165) is 19.0 Å². The average molecular weight is 378 g/mol. The quantitative estimate of drug-likeness (QED) is 0.650. The van der Waals surface area contributed by atoms with Crippen LogP contribution in [0.5, 0.6) is 0 Å². The van der Waals surface area contributed by atoms with Crippen molar-refractivity contribution in [3.05, 3.63) is 32.6 Å². The highest BCUT2D eigenvalue weighted by atomic mass is 16.3. The molecule has 3 rings (SSSR count). The molecule has 1 saturated heterocycles. The van der Waals surface area contributed by atoms with Gasteiger partial charge in [-0.2, -0.15) is 0 Å². The van der Waals surface area contributed by atoms with Gasteiger partial charge in [-0.15, -0.1) is 0 Å². The molecular weight excluding hydrogens is 348 g/mol. The number of nitrogens with zero attached hydrogens (tertiary/aromatic N) is 2. The second-order valence-corrected chi connectivity index (χ2v) is 7.78. The van der Waals surface area contributed by atoms with Crippen LogP contribution >= 0.6 is 0 Å². The van der Waals surface area contributed by atoms with Gasteiger partial charge in [0.15, 0.2) is 0 Å². The molecule has 1 aliphatic heterocycles. The number of aliphatic hydroxyl groups is 1. The molecule has 0 aromatic carbocycles. The van der Waals surface area contributed by atoms with Crippen LogP contribution in [0.2, 0.25) is 0 Å². The molecule has 2 heterocycles. The van der Waals surface area contributed by atoms with Crippen molar-refractivity contribution in [1.29, 1.82) is 0 Å². The van der Waals surface area contributed by atoms with Gasteiger partial charge in [-0.3, -0.25) is 19.5 Å². The lowest BCUT2D eigenvalue weighted by atomic mass is 9.88. The maximum atomic E-state index is 12.7. The number of carbonyl (C=O) groups is 1. The normalized spacial score (nSPS) is 22.1. The minimum atomic E-state index is -0.574. The third-order valence-electron chi connectivity index (χ3n) is 5.88. The van der Waals surface area contributed by atoms with Crippen LogP contribution in [-0.2, 0) is 11.2 Å². The van der Waals surface area contributed by atoms with Gasteiger partial charge >= 0.3 is 5.69 Å². The van der Waals surface area contributed by atoms with Crippen molar-refractivity contribution in [1.82, 2.24) is 19.8 Å². The molecular formula is C19H30N4O4. The van der Waals surface area contributed by atoms with Gasteiger partial charge in [0.05, 0.1) is 6.42 Å². The molecule has 2 aliphatic rings. The number of H-pyrrole nitrogens is 2. The monoisotopic (exact) mass is 378 g/mol. The highest BCUT2D eigenvalue weighted by molar-refractivity contribution is 5.78. The second-order valence-electron chi connectivity index (χ2n) is 7.78. The fourth-order valence-electron chi connectivity index (χ4n) is 4.33. The molecule has 0 spiro atoms. The van der Waals surface area contributed by atoms with E-state index in [2.05, 4.69) is 14.9 Å². The van der Waals surface area contributed by atoms with Gasteiger partial charge in [0, 0.05) is 50.6 Å². The number of aliphatic hydroxyl groups excluding tert-OH is 1. The molecule has 2 fully saturated rings. The second kappa shape index (κ2) is 9.32. The van der Waals surface area contributed by atoms with E-state index in [1.807, 2.05) is 0 Å². The molecule has 8 heteroatoms. The first-order valence-corrected chi connectivity index (χ1v) is 10.0. The smallest absolute Gasteiger partial charge is 0.325 e. The van der Waals surface area contributed by atoms with Crippen LogP contribution in [0.4, 0.5) is 0 Å². The number of hydrogen-bond acceptors (Lipinski definition) is 5. The summed E-state index contributed by atoms with van der Waals surface area (Å²) in [5.74, 6) is 0.606. The SMILES string of the molecule is O=C(Cc1c[nH]c(=O)[nH]c1=O)N1CCN(CC2CCCCC2)[C@@H](CCO)C1. The molecule has 27 heavy (non-hydrogen) atoms. The lowest BCUT2D eigenvalue weighted by Gasteiger charge is -2.43. The maximum absolute atomic E-state index is 12.7. The van der Waals surface area contributed by atoms with Crippen LogP contribution in [0.1, 0.15) is 44.1 Å². The summed E-state index contributed by atoms with van der Waals surface area (Å²) in [4.78, 5) is 44.3. The fraction of sp³-hybridized carbons (Fsp3) is 0.737. The molecule has 1 amide bonds. The Balaban J connectivity index is 1.60. The van der Waals surface area contributed by atoms with Gasteiger partial charge in [0.25, 0.3) is 5.56 Å². The topological polar surface area (TPSA) is 109 Å². The summed E-state index contributed by atoms with van der Waals surface area (Å²) in [6, 6.07) is 0.156. The summed E-state index contributed by atoms with van der Waals surface area (Å²) in [5, 5.41) is 9.46. The Bertz CT molecular complexity index is 738. The lowest BCUT2D eigenvalue weighted by molar-refractivity contribution is -0.134. The third-order valence-corrected chi connectivity index (χ3v) is 5.88. The number of amides is 1. The molecule has 0 unspecified atom stereocenters. The van der Waals surface area contributed by atoms with Gasteiger partial charge < -0.3 is 15.0 Å². The Morgan fingerprint density at radius 2 is 1.96 bits per heavy atom. The molecule has 3 N–H and O–H groups in total. The van der Waals surface area contributed by atoms with Crippen molar-refractivity contribution in [3.63, 3.8) is 0 Å². The lowest BCUT2D eigenvalue weighted by Crippen LogP contribution is -2.56. The average Bonchev–Trinajstić information content (AvgIpc) is 2.66. The number of rotatable bonds is 6. The Kier molecular flexibility index (Phi) is 6.84. The molecule has 0 bridgehead atoms. The van der Waals surface area contributed by atoms with E-state index in [9.17, 15) is 19.5 Å². The standard InChI is InChI=1S/C19H30N4O4/c24-9-6-16-13-23(8-7-22(16)12-14-4-2-1-3-5-14)17(25)10-15-11-20-19(27)21-18(15)26/h11,14,16,24H,1-10,12-13H2,(H2,20,21,26,27)/t16-/m0/s1. The largest absolute Gasteiger partial charge is 0.396 e. The van der Waals surface area contributed by atoms with E-state index < -0.39 is 11.2 Å². The maximum Gasteiger partial charge on any atom is 0.325 e. The van der Waals surface area contributed by atoms with E-state index in [1.54, 1.807) is 4.90 Å². The summed E-state index contributed by atoms with van der Waals surface area (Å²) in [6.45, 7) is 3.16. The van der Waals surface area contributed by atoms with Gasteiger partial charge in [0.2, 0.25) is 5.91 Å².